The van der Waals surface area contributed by atoms with Gasteiger partial charge in [-0.2, -0.15) is 0 Å². The Hall–Kier alpha value is -1.83. The predicted molar refractivity (Wildman–Crippen MR) is 111 cm³/mol. The highest BCUT2D eigenvalue weighted by molar-refractivity contribution is 14.0. The van der Waals surface area contributed by atoms with E-state index in [2.05, 4.69) is 15.6 Å². The Morgan fingerprint density at radius 3 is 2.40 bits per heavy atom. The largest absolute Gasteiger partial charge is 0.508 e. The summed E-state index contributed by atoms with van der Waals surface area (Å²) in [6, 6.07) is 13.9. The number of nitrogens with zero attached hydrogens (tertiary/aromatic N) is 1. The molecular weight excluding hydrogens is 432 g/mol. The zero-order valence-corrected chi connectivity index (χ0v) is 16.7. The summed E-state index contributed by atoms with van der Waals surface area (Å²) >= 11 is 0. The molecule has 0 atom stereocenters. The van der Waals surface area contributed by atoms with E-state index in [0.717, 1.165) is 37.3 Å². The van der Waals surface area contributed by atoms with Crippen LogP contribution in [0.5, 0.6) is 5.75 Å². The molecule has 0 heterocycles. The SMILES string of the molecule is CN=C(NCCCc1ccc(O)cc1)NCCc1cccc(F)c1.I. The monoisotopic (exact) mass is 457 g/mol. The number of benzene rings is 2. The van der Waals surface area contributed by atoms with Gasteiger partial charge in [-0.1, -0.05) is 24.3 Å². The zero-order chi connectivity index (χ0) is 17.2. The zero-order valence-electron chi connectivity index (χ0n) is 14.3. The average molecular weight is 457 g/mol. The summed E-state index contributed by atoms with van der Waals surface area (Å²) in [7, 11) is 1.73. The van der Waals surface area contributed by atoms with E-state index in [1.807, 2.05) is 18.2 Å². The summed E-state index contributed by atoms with van der Waals surface area (Å²) in [5, 5.41) is 15.7. The maximum Gasteiger partial charge on any atom is 0.190 e. The van der Waals surface area contributed by atoms with Crippen LogP contribution in [0.15, 0.2) is 53.5 Å². The minimum absolute atomic E-state index is 0. The van der Waals surface area contributed by atoms with Crippen molar-refractivity contribution in [3.8, 4) is 5.75 Å². The van der Waals surface area contributed by atoms with E-state index in [9.17, 15) is 9.50 Å². The van der Waals surface area contributed by atoms with Gasteiger partial charge >= 0.3 is 0 Å². The average Bonchev–Trinajstić information content (AvgIpc) is 2.58. The van der Waals surface area contributed by atoms with Crippen molar-refractivity contribution >= 4 is 29.9 Å². The van der Waals surface area contributed by atoms with Gasteiger partial charge in [0.15, 0.2) is 5.96 Å². The van der Waals surface area contributed by atoms with Gasteiger partial charge in [0.25, 0.3) is 0 Å². The first-order chi connectivity index (χ1) is 11.7. The van der Waals surface area contributed by atoms with Gasteiger partial charge in [0.2, 0.25) is 0 Å². The van der Waals surface area contributed by atoms with Gasteiger partial charge in [0.05, 0.1) is 0 Å². The number of halogens is 2. The van der Waals surface area contributed by atoms with Gasteiger partial charge in [-0.05, 0) is 54.7 Å². The molecule has 4 nitrogen and oxygen atoms in total. The number of rotatable bonds is 7. The summed E-state index contributed by atoms with van der Waals surface area (Å²) in [4.78, 5) is 4.18. The predicted octanol–water partition coefficient (Wildman–Crippen LogP) is 3.49. The summed E-state index contributed by atoms with van der Waals surface area (Å²) in [6.07, 6.45) is 2.65. The third kappa shape index (κ3) is 8.20. The molecule has 0 bridgehead atoms. The van der Waals surface area contributed by atoms with Crippen LogP contribution in [0, 0.1) is 5.82 Å². The van der Waals surface area contributed by atoms with Crippen LogP contribution in [0.4, 0.5) is 4.39 Å². The van der Waals surface area contributed by atoms with E-state index in [1.54, 1.807) is 31.3 Å². The second kappa shape index (κ2) is 11.7. The van der Waals surface area contributed by atoms with E-state index in [-0.39, 0.29) is 29.8 Å². The maximum atomic E-state index is 13.1. The van der Waals surface area contributed by atoms with Crippen molar-refractivity contribution in [3.63, 3.8) is 0 Å². The van der Waals surface area contributed by atoms with Crippen LogP contribution in [-0.4, -0.2) is 31.2 Å². The molecule has 3 N–H and O–H groups in total. The van der Waals surface area contributed by atoms with Gasteiger partial charge in [0.1, 0.15) is 11.6 Å². The standard InChI is InChI=1S/C19H24FN3O.HI/c1-21-19(23-13-11-16-4-2-6-17(20)14-16)22-12-3-5-15-7-9-18(24)10-8-15;/h2,4,6-10,14,24H,3,5,11-13H2,1H3,(H2,21,22,23);1H. The van der Waals surface area contributed by atoms with E-state index < -0.39 is 0 Å². The minimum atomic E-state index is -0.204. The molecule has 0 unspecified atom stereocenters. The molecule has 136 valence electrons. The molecule has 2 aromatic rings. The number of guanidine groups is 1. The van der Waals surface area contributed by atoms with Gasteiger partial charge in [-0.3, -0.25) is 4.99 Å². The Morgan fingerprint density at radius 2 is 1.72 bits per heavy atom. The normalized spacial score (nSPS) is 10.9. The second-order valence-corrected chi connectivity index (χ2v) is 5.58. The lowest BCUT2D eigenvalue weighted by Gasteiger charge is -2.12. The van der Waals surface area contributed by atoms with Crippen molar-refractivity contribution in [1.82, 2.24) is 10.6 Å². The van der Waals surface area contributed by atoms with Crippen LogP contribution in [0.25, 0.3) is 0 Å². The molecule has 0 saturated heterocycles. The van der Waals surface area contributed by atoms with Crippen molar-refractivity contribution in [1.29, 1.82) is 0 Å². The molecule has 2 rings (SSSR count). The Balaban J connectivity index is 0.00000312. The number of phenolic OH excluding ortho intramolecular Hbond substituents is 1. The molecule has 0 spiro atoms. The summed E-state index contributed by atoms with van der Waals surface area (Å²) in [5.41, 5.74) is 2.16. The summed E-state index contributed by atoms with van der Waals surface area (Å²) < 4.78 is 13.1. The molecule has 0 fully saturated rings. The van der Waals surface area contributed by atoms with E-state index in [0.29, 0.717) is 12.3 Å². The third-order valence-electron chi connectivity index (χ3n) is 3.69. The Morgan fingerprint density at radius 1 is 1.00 bits per heavy atom. The fraction of sp³-hybridized carbons (Fsp3) is 0.316. The topological polar surface area (TPSA) is 56.7 Å². The van der Waals surface area contributed by atoms with E-state index >= 15 is 0 Å². The van der Waals surface area contributed by atoms with Crippen molar-refractivity contribution in [2.75, 3.05) is 20.1 Å². The van der Waals surface area contributed by atoms with Gasteiger partial charge in [0, 0.05) is 20.1 Å². The molecular formula is C19H25FIN3O. The van der Waals surface area contributed by atoms with E-state index in [1.165, 1.54) is 11.6 Å². The Bertz CT molecular complexity index is 662. The lowest BCUT2D eigenvalue weighted by atomic mass is 10.1. The number of aromatic hydroxyl groups is 1. The molecule has 2 aromatic carbocycles. The second-order valence-electron chi connectivity index (χ2n) is 5.58. The molecule has 0 aliphatic heterocycles. The highest BCUT2D eigenvalue weighted by Crippen LogP contribution is 2.10. The first kappa shape index (κ1) is 21.2. The van der Waals surface area contributed by atoms with Gasteiger partial charge in [-0.15, -0.1) is 24.0 Å². The number of hydrogen-bond donors (Lipinski definition) is 3. The Labute approximate surface area is 165 Å². The van der Waals surface area contributed by atoms with Crippen LogP contribution < -0.4 is 10.6 Å². The van der Waals surface area contributed by atoms with Crippen molar-refractivity contribution < 1.29 is 9.50 Å². The van der Waals surface area contributed by atoms with Crippen LogP contribution in [0.1, 0.15) is 17.5 Å². The van der Waals surface area contributed by atoms with Crippen LogP contribution in [0.2, 0.25) is 0 Å². The van der Waals surface area contributed by atoms with Crippen LogP contribution >= 0.6 is 24.0 Å². The van der Waals surface area contributed by atoms with Gasteiger partial charge < -0.3 is 15.7 Å². The quantitative estimate of drug-likeness (QED) is 0.258. The Kier molecular flexibility index (Phi) is 9.91. The third-order valence-corrected chi connectivity index (χ3v) is 3.69. The lowest BCUT2D eigenvalue weighted by Crippen LogP contribution is -2.38. The highest BCUT2D eigenvalue weighted by atomic mass is 127. The van der Waals surface area contributed by atoms with Crippen LogP contribution in [-0.2, 0) is 12.8 Å². The van der Waals surface area contributed by atoms with E-state index in [4.69, 9.17) is 0 Å². The summed E-state index contributed by atoms with van der Waals surface area (Å²) in [5.74, 6) is 0.834. The summed E-state index contributed by atoms with van der Waals surface area (Å²) in [6.45, 7) is 1.50. The van der Waals surface area contributed by atoms with Crippen molar-refractivity contribution in [2.24, 2.45) is 4.99 Å². The lowest BCUT2D eigenvalue weighted by molar-refractivity contribution is 0.475. The van der Waals surface area contributed by atoms with Crippen molar-refractivity contribution in [3.05, 3.63) is 65.5 Å². The van der Waals surface area contributed by atoms with Gasteiger partial charge in [-0.25, -0.2) is 4.39 Å². The smallest absolute Gasteiger partial charge is 0.190 e. The number of phenols is 1. The first-order valence-electron chi connectivity index (χ1n) is 8.14. The molecule has 25 heavy (non-hydrogen) atoms. The minimum Gasteiger partial charge on any atom is -0.508 e. The maximum absolute atomic E-state index is 13.1. The fourth-order valence-corrected chi connectivity index (χ4v) is 2.40. The molecule has 0 amide bonds. The molecule has 0 saturated carbocycles. The number of aryl methyl sites for hydroxylation is 1. The number of hydrogen-bond acceptors (Lipinski definition) is 2. The first-order valence-corrected chi connectivity index (χ1v) is 8.14. The number of nitrogens with one attached hydrogen (secondary N) is 2. The molecule has 0 aliphatic rings. The molecule has 6 heteroatoms. The highest BCUT2D eigenvalue weighted by Gasteiger charge is 1.99. The van der Waals surface area contributed by atoms with Crippen LogP contribution in [0.3, 0.4) is 0 Å². The molecule has 0 aliphatic carbocycles. The van der Waals surface area contributed by atoms with Crippen molar-refractivity contribution in [2.45, 2.75) is 19.3 Å². The fourth-order valence-electron chi connectivity index (χ4n) is 2.40. The molecule has 0 aromatic heterocycles. The number of aliphatic imine (C=N–C) groups is 1. The molecule has 0 radical (unpaired) electrons.